The molecule has 0 spiro atoms. The van der Waals surface area contributed by atoms with E-state index >= 15 is 0 Å². The molecule has 4 aromatic rings. The maximum atomic E-state index is 13.4. The number of rotatable bonds is 5. The highest BCUT2D eigenvalue weighted by atomic mass is 19.1. The van der Waals surface area contributed by atoms with Gasteiger partial charge in [0.25, 0.3) is 0 Å². The van der Waals surface area contributed by atoms with Crippen molar-refractivity contribution in [3.8, 4) is 16.9 Å². The van der Waals surface area contributed by atoms with Gasteiger partial charge in [0, 0.05) is 29.1 Å². The maximum absolute atomic E-state index is 13.4. The molecular weight excluding hydrogens is 389 g/mol. The highest BCUT2D eigenvalue weighted by Gasteiger charge is 2.11. The molecule has 0 unspecified atom stereocenters. The molecule has 154 valence electrons. The van der Waals surface area contributed by atoms with E-state index in [0.717, 1.165) is 33.6 Å². The van der Waals surface area contributed by atoms with Crippen molar-refractivity contribution in [1.82, 2.24) is 9.78 Å². The zero-order chi connectivity index (χ0) is 21.8. The quantitative estimate of drug-likeness (QED) is 0.413. The van der Waals surface area contributed by atoms with Crippen molar-refractivity contribution >= 4 is 17.7 Å². The molecule has 1 aromatic heterocycles. The summed E-state index contributed by atoms with van der Waals surface area (Å²) >= 11 is 0. The van der Waals surface area contributed by atoms with Gasteiger partial charge in [0.15, 0.2) is 0 Å². The number of hydrogen-bond donors (Lipinski definition) is 1. The summed E-state index contributed by atoms with van der Waals surface area (Å²) in [6, 6.07) is 21.8. The number of benzene rings is 3. The Morgan fingerprint density at radius 2 is 1.65 bits per heavy atom. The highest BCUT2D eigenvalue weighted by molar-refractivity contribution is 6.02. The van der Waals surface area contributed by atoms with Gasteiger partial charge in [-0.3, -0.25) is 4.79 Å². The van der Waals surface area contributed by atoms with Gasteiger partial charge in [-0.15, -0.1) is 0 Å². The minimum atomic E-state index is -0.309. The first-order valence-corrected chi connectivity index (χ1v) is 9.96. The van der Waals surface area contributed by atoms with Crippen molar-refractivity contribution in [2.24, 2.45) is 0 Å². The number of amides is 1. The first-order valence-electron chi connectivity index (χ1n) is 9.96. The monoisotopic (exact) mass is 411 g/mol. The topological polar surface area (TPSA) is 46.9 Å². The van der Waals surface area contributed by atoms with E-state index in [1.54, 1.807) is 22.9 Å². The molecule has 4 nitrogen and oxygen atoms in total. The lowest BCUT2D eigenvalue weighted by Crippen LogP contribution is -2.08. The molecule has 0 aliphatic rings. The zero-order valence-electron chi connectivity index (χ0n) is 17.3. The molecule has 0 fully saturated rings. The normalized spacial score (nSPS) is 11.1. The summed E-state index contributed by atoms with van der Waals surface area (Å²) < 4.78 is 15.1. The van der Waals surface area contributed by atoms with E-state index in [1.165, 1.54) is 18.2 Å². The number of aromatic nitrogens is 2. The third kappa shape index (κ3) is 4.95. The Hall–Kier alpha value is -3.99. The lowest BCUT2D eigenvalue weighted by molar-refractivity contribution is -0.111. The van der Waals surface area contributed by atoms with Gasteiger partial charge < -0.3 is 5.32 Å². The molecule has 0 aliphatic carbocycles. The lowest BCUT2D eigenvalue weighted by atomic mass is 10.1. The largest absolute Gasteiger partial charge is 0.322 e. The van der Waals surface area contributed by atoms with Crippen molar-refractivity contribution in [2.75, 3.05) is 5.32 Å². The van der Waals surface area contributed by atoms with Crippen LogP contribution in [0.5, 0.6) is 0 Å². The first-order chi connectivity index (χ1) is 15.0. The highest BCUT2D eigenvalue weighted by Crippen LogP contribution is 2.25. The average Bonchev–Trinajstić information content (AvgIpc) is 3.17. The number of para-hydroxylation sites is 1. The standard InChI is InChI=1S/C26H22FN3O/c1-18-14-19(2)16-23(15-18)28-25(31)13-10-21-17-30(24-6-4-3-5-7-24)29-26(21)20-8-11-22(27)12-9-20/h3-17H,1-2H3,(H,28,31)/b13-10+. The summed E-state index contributed by atoms with van der Waals surface area (Å²) in [5, 5.41) is 7.57. The van der Waals surface area contributed by atoms with Crippen LogP contribution in [-0.4, -0.2) is 15.7 Å². The smallest absolute Gasteiger partial charge is 0.248 e. The summed E-state index contributed by atoms with van der Waals surface area (Å²) in [6.07, 6.45) is 5.06. The van der Waals surface area contributed by atoms with E-state index in [2.05, 4.69) is 16.5 Å². The fourth-order valence-corrected chi connectivity index (χ4v) is 3.45. The van der Waals surface area contributed by atoms with Crippen LogP contribution in [0.15, 0.2) is 85.1 Å². The molecule has 0 aliphatic heterocycles. The van der Waals surface area contributed by atoms with Crippen LogP contribution in [0.1, 0.15) is 16.7 Å². The second-order valence-corrected chi connectivity index (χ2v) is 7.42. The minimum absolute atomic E-state index is 0.234. The second kappa shape index (κ2) is 8.79. The molecule has 1 amide bonds. The van der Waals surface area contributed by atoms with E-state index in [9.17, 15) is 9.18 Å². The Kier molecular flexibility index (Phi) is 5.76. The van der Waals surface area contributed by atoms with E-state index < -0.39 is 0 Å². The van der Waals surface area contributed by atoms with Gasteiger partial charge in [0.2, 0.25) is 5.91 Å². The van der Waals surface area contributed by atoms with Gasteiger partial charge in [-0.25, -0.2) is 9.07 Å². The molecule has 3 aromatic carbocycles. The van der Waals surface area contributed by atoms with Gasteiger partial charge in [-0.2, -0.15) is 5.10 Å². The Labute approximate surface area is 180 Å². The van der Waals surface area contributed by atoms with Crippen LogP contribution < -0.4 is 5.32 Å². The summed E-state index contributed by atoms with van der Waals surface area (Å²) in [4.78, 5) is 12.5. The van der Waals surface area contributed by atoms with Crippen LogP contribution in [0.3, 0.4) is 0 Å². The molecule has 0 saturated heterocycles. The Balaban J connectivity index is 1.65. The third-order valence-electron chi connectivity index (χ3n) is 4.78. The molecule has 31 heavy (non-hydrogen) atoms. The van der Waals surface area contributed by atoms with Crippen molar-refractivity contribution in [2.45, 2.75) is 13.8 Å². The van der Waals surface area contributed by atoms with Crippen molar-refractivity contribution in [3.63, 3.8) is 0 Å². The van der Waals surface area contributed by atoms with Crippen molar-refractivity contribution < 1.29 is 9.18 Å². The molecule has 0 saturated carbocycles. The number of carbonyl (C=O) groups is 1. The Morgan fingerprint density at radius 3 is 2.32 bits per heavy atom. The third-order valence-corrected chi connectivity index (χ3v) is 4.78. The Morgan fingerprint density at radius 1 is 0.968 bits per heavy atom. The van der Waals surface area contributed by atoms with Crippen molar-refractivity contribution in [3.05, 3.63) is 108 Å². The fraction of sp³-hybridized carbons (Fsp3) is 0.0769. The number of nitrogens with zero attached hydrogens (tertiary/aromatic N) is 2. The summed E-state index contributed by atoms with van der Waals surface area (Å²) in [7, 11) is 0. The molecule has 0 atom stereocenters. The number of carbonyl (C=O) groups excluding carboxylic acids is 1. The molecule has 0 radical (unpaired) electrons. The van der Waals surface area contributed by atoms with Crippen LogP contribution >= 0.6 is 0 Å². The summed E-state index contributed by atoms with van der Waals surface area (Å²) in [5.41, 5.74) is 6.01. The van der Waals surface area contributed by atoms with E-state index in [4.69, 9.17) is 0 Å². The van der Waals surface area contributed by atoms with Crippen molar-refractivity contribution in [1.29, 1.82) is 0 Å². The van der Waals surface area contributed by atoms with E-state index in [1.807, 2.05) is 62.5 Å². The zero-order valence-corrected chi connectivity index (χ0v) is 17.3. The predicted octanol–water partition coefficient (Wildman–Crippen LogP) is 5.95. The van der Waals surface area contributed by atoms with E-state index in [0.29, 0.717) is 5.69 Å². The maximum Gasteiger partial charge on any atom is 0.248 e. The van der Waals surface area contributed by atoms with Crippen LogP contribution in [0.25, 0.3) is 23.0 Å². The summed E-state index contributed by atoms with van der Waals surface area (Å²) in [6.45, 7) is 3.98. The number of anilines is 1. The lowest BCUT2D eigenvalue weighted by Gasteiger charge is -2.05. The van der Waals surface area contributed by atoms with Gasteiger partial charge in [0.1, 0.15) is 5.82 Å². The SMILES string of the molecule is Cc1cc(C)cc(NC(=O)/C=C/c2cn(-c3ccccc3)nc2-c2ccc(F)cc2)c1. The van der Waals surface area contributed by atoms with Crippen LogP contribution in [0.4, 0.5) is 10.1 Å². The second-order valence-electron chi connectivity index (χ2n) is 7.42. The van der Waals surface area contributed by atoms with Gasteiger partial charge in [-0.1, -0.05) is 24.3 Å². The van der Waals surface area contributed by atoms with E-state index in [-0.39, 0.29) is 11.7 Å². The van der Waals surface area contributed by atoms with Gasteiger partial charge in [-0.05, 0) is 79.6 Å². The number of nitrogens with one attached hydrogen (secondary N) is 1. The number of aryl methyl sites for hydroxylation is 2. The van der Waals surface area contributed by atoms with Gasteiger partial charge >= 0.3 is 0 Å². The molecule has 1 N–H and O–H groups in total. The average molecular weight is 411 g/mol. The molecule has 1 heterocycles. The molecular formula is C26H22FN3O. The molecule has 4 rings (SSSR count). The Bertz CT molecular complexity index is 1220. The molecule has 0 bridgehead atoms. The first kappa shape index (κ1) is 20.3. The minimum Gasteiger partial charge on any atom is -0.322 e. The number of hydrogen-bond acceptors (Lipinski definition) is 2. The van der Waals surface area contributed by atoms with Crippen LogP contribution in [0, 0.1) is 19.7 Å². The predicted molar refractivity (Wildman–Crippen MR) is 123 cm³/mol. The number of halogens is 1. The molecule has 5 heteroatoms. The van der Waals surface area contributed by atoms with Crippen LogP contribution in [0.2, 0.25) is 0 Å². The van der Waals surface area contributed by atoms with Crippen LogP contribution in [-0.2, 0) is 4.79 Å². The summed E-state index contributed by atoms with van der Waals surface area (Å²) in [5.74, 6) is -0.543. The fourth-order valence-electron chi connectivity index (χ4n) is 3.45. The van der Waals surface area contributed by atoms with Gasteiger partial charge in [0.05, 0.1) is 11.4 Å².